The molecule has 0 saturated heterocycles. The Labute approximate surface area is 87.1 Å². The van der Waals surface area contributed by atoms with Crippen LogP contribution in [0.1, 0.15) is 12.5 Å². The summed E-state index contributed by atoms with van der Waals surface area (Å²) in [4.78, 5) is 0. The predicted molar refractivity (Wildman–Crippen MR) is 57.5 cm³/mol. The molecule has 2 N–H and O–H groups in total. The van der Waals surface area contributed by atoms with E-state index in [0.717, 1.165) is 11.0 Å². The minimum atomic E-state index is -0.285. The monoisotopic (exact) mass is 243 g/mol. The number of hydrogen-bond acceptors (Lipinski definition) is 2. The molecule has 0 bridgehead atoms. The van der Waals surface area contributed by atoms with Crippen molar-refractivity contribution in [3.8, 4) is 0 Å². The summed E-state index contributed by atoms with van der Waals surface area (Å²) in [6.07, 6.45) is -0.285. The second-order valence-corrected chi connectivity index (χ2v) is 4.03. The molecule has 1 aromatic rings. The van der Waals surface area contributed by atoms with Crippen molar-refractivity contribution in [3.05, 3.63) is 34.3 Å². The van der Waals surface area contributed by atoms with E-state index < -0.39 is 0 Å². The molecule has 2 nitrogen and oxygen atoms in total. The molecule has 0 amide bonds. The van der Waals surface area contributed by atoms with Gasteiger partial charge in [-0.2, -0.15) is 0 Å². The van der Waals surface area contributed by atoms with Crippen LogP contribution in [0.15, 0.2) is 28.7 Å². The van der Waals surface area contributed by atoms with Gasteiger partial charge in [0.1, 0.15) is 0 Å². The molecule has 3 heteroatoms. The number of nitrogens with one attached hydrogen (secondary N) is 1. The number of aliphatic hydroxyl groups excluding tert-OH is 1. The topological polar surface area (TPSA) is 32.3 Å². The first kappa shape index (κ1) is 10.7. The lowest BCUT2D eigenvalue weighted by Crippen LogP contribution is -2.23. The quantitative estimate of drug-likeness (QED) is 0.848. The number of benzene rings is 1. The highest BCUT2D eigenvalue weighted by Crippen LogP contribution is 2.11. The van der Waals surface area contributed by atoms with E-state index in [1.165, 1.54) is 5.56 Å². The molecular weight excluding hydrogens is 230 g/mol. The average Bonchev–Trinajstić information content (AvgIpc) is 2.03. The van der Waals surface area contributed by atoms with Gasteiger partial charge in [-0.05, 0) is 24.6 Å². The van der Waals surface area contributed by atoms with Gasteiger partial charge in [0.05, 0.1) is 6.10 Å². The molecule has 13 heavy (non-hydrogen) atoms. The smallest absolute Gasteiger partial charge is 0.0636 e. The van der Waals surface area contributed by atoms with Gasteiger partial charge in [-0.1, -0.05) is 28.1 Å². The fourth-order valence-corrected chi connectivity index (χ4v) is 1.52. The molecule has 0 saturated carbocycles. The predicted octanol–water partition coefficient (Wildman–Crippen LogP) is 1.92. The van der Waals surface area contributed by atoms with E-state index in [4.69, 9.17) is 5.11 Å². The summed E-state index contributed by atoms with van der Waals surface area (Å²) >= 11 is 3.41. The Morgan fingerprint density at radius 3 is 2.92 bits per heavy atom. The second-order valence-electron chi connectivity index (χ2n) is 3.11. The Bertz CT molecular complexity index is 263. The fraction of sp³-hybridized carbons (Fsp3) is 0.400. The van der Waals surface area contributed by atoms with E-state index in [-0.39, 0.29) is 6.10 Å². The van der Waals surface area contributed by atoms with Gasteiger partial charge in [-0.25, -0.2) is 0 Å². The average molecular weight is 244 g/mol. The second kappa shape index (κ2) is 5.37. The third kappa shape index (κ3) is 4.41. The van der Waals surface area contributed by atoms with Crippen LogP contribution in [-0.2, 0) is 6.54 Å². The number of hydrogen-bond donors (Lipinski definition) is 2. The molecule has 0 aliphatic heterocycles. The Morgan fingerprint density at radius 2 is 2.31 bits per heavy atom. The molecular formula is C10H14BrNO. The van der Waals surface area contributed by atoms with Gasteiger partial charge in [0, 0.05) is 17.6 Å². The molecule has 1 aromatic carbocycles. The van der Waals surface area contributed by atoms with E-state index in [1.54, 1.807) is 6.92 Å². The molecule has 1 rings (SSSR count). The van der Waals surface area contributed by atoms with Crippen molar-refractivity contribution < 1.29 is 5.11 Å². The third-order valence-corrected chi connectivity index (χ3v) is 2.15. The van der Waals surface area contributed by atoms with Gasteiger partial charge >= 0.3 is 0 Å². The standard InChI is InChI=1S/C10H14BrNO/c1-8(13)6-12-7-9-3-2-4-10(11)5-9/h2-5,8,12-13H,6-7H2,1H3. The number of halogens is 1. The lowest BCUT2D eigenvalue weighted by molar-refractivity contribution is 0.191. The van der Waals surface area contributed by atoms with E-state index >= 15 is 0 Å². The Hall–Kier alpha value is -0.380. The molecule has 0 aromatic heterocycles. The first-order valence-corrected chi connectivity index (χ1v) is 5.11. The molecule has 1 unspecified atom stereocenters. The van der Waals surface area contributed by atoms with Crippen molar-refractivity contribution >= 4 is 15.9 Å². The minimum Gasteiger partial charge on any atom is -0.392 e. The Morgan fingerprint density at radius 1 is 1.54 bits per heavy atom. The van der Waals surface area contributed by atoms with Crippen molar-refractivity contribution in [2.45, 2.75) is 19.6 Å². The fourth-order valence-electron chi connectivity index (χ4n) is 1.07. The molecule has 0 fully saturated rings. The van der Waals surface area contributed by atoms with E-state index in [0.29, 0.717) is 6.54 Å². The number of rotatable bonds is 4. The zero-order valence-corrected chi connectivity index (χ0v) is 9.21. The van der Waals surface area contributed by atoms with E-state index in [2.05, 4.69) is 33.4 Å². The van der Waals surface area contributed by atoms with Crippen LogP contribution >= 0.6 is 15.9 Å². The first-order chi connectivity index (χ1) is 6.18. The van der Waals surface area contributed by atoms with E-state index in [1.807, 2.05) is 12.1 Å². The molecule has 1 atom stereocenters. The van der Waals surface area contributed by atoms with Gasteiger partial charge in [0.25, 0.3) is 0 Å². The van der Waals surface area contributed by atoms with Gasteiger partial charge in [0.15, 0.2) is 0 Å². The molecule has 0 aliphatic carbocycles. The van der Waals surface area contributed by atoms with Crippen LogP contribution in [0.2, 0.25) is 0 Å². The summed E-state index contributed by atoms with van der Waals surface area (Å²) in [6, 6.07) is 8.12. The van der Waals surface area contributed by atoms with Crippen molar-refractivity contribution in [3.63, 3.8) is 0 Å². The van der Waals surface area contributed by atoms with Crippen LogP contribution in [0.25, 0.3) is 0 Å². The van der Waals surface area contributed by atoms with Gasteiger partial charge in [0.2, 0.25) is 0 Å². The minimum absolute atomic E-state index is 0.285. The van der Waals surface area contributed by atoms with Crippen molar-refractivity contribution in [2.75, 3.05) is 6.54 Å². The Balaban J connectivity index is 2.37. The molecule has 72 valence electrons. The van der Waals surface area contributed by atoms with Crippen LogP contribution in [0.5, 0.6) is 0 Å². The normalized spacial score (nSPS) is 12.8. The van der Waals surface area contributed by atoms with Gasteiger partial charge in [-0.15, -0.1) is 0 Å². The third-order valence-electron chi connectivity index (χ3n) is 1.66. The van der Waals surface area contributed by atoms with Gasteiger partial charge in [-0.3, -0.25) is 0 Å². The lowest BCUT2D eigenvalue weighted by Gasteiger charge is -2.06. The summed E-state index contributed by atoms with van der Waals surface area (Å²) < 4.78 is 1.09. The summed E-state index contributed by atoms with van der Waals surface area (Å²) in [5.74, 6) is 0. The highest BCUT2D eigenvalue weighted by atomic mass is 79.9. The van der Waals surface area contributed by atoms with Crippen LogP contribution in [-0.4, -0.2) is 17.8 Å². The van der Waals surface area contributed by atoms with Crippen molar-refractivity contribution in [1.29, 1.82) is 0 Å². The van der Waals surface area contributed by atoms with Crippen LogP contribution in [0, 0.1) is 0 Å². The van der Waals surface area contributed by atoms with Gasteiger partial charge < -0.3 is 10.4 Å². The van der Waals surface area contributed by atoms with Crippen LogP contribution < -0.4 is 5.32 Å². The molecule has 0 heterocycles. The van der Waals surface area contributed by atoms with E-state index in [9.17, 15) is 0 Å². The van der Waals surface area contributed by atoms with Crippen molar-refractivity contribution in [2.24, 2.45) is 0 Å². The largest absolute Gasteiger partial charge is 0.392 e. The summed E-state index contributed by atoms with van der Waals surface area (Å²) in [6.45, 7) is 3.20. The maximum Gasteiger partial charge on any atom is 0.0636 e. The highest BCUT2D eigenvalue weighted by Gasteiger charge is 1.96. The molecule has 0 aliphatic rings. The zero-order chi connectivity index (χ0) is 9.68. The summed E-state index contributed by atoms with van der Waals surface area (Å²) in [7, 11) is 0. The summed E-state index contributed by atoms with van der Waals surface area (Å²) in [5.41, 5.74) is 1.22. The molecule has 0 radical (unpaired) electrons. The maximum absolute atomic E-state index is 9.01. The SMILES string of the molecule is CC(O)CNCc1cccc(Br)c1. The van der Waals surface area contributed by atoms with Crippen LogP contribution in [0.3, 0.4) is 0 Å². The maximum atomic E-state index is 9.01. The zero-order valence-electron chi connectivity index (χ0n) is 7.63. The first-order valence-electron chi connectivity index (χ1n) is 4.31. The summed E-state index contributed by atoms with van der Waals surface area (Å²) in [5, 5.41) is 12.2. The molecule has 0 spiro atoms. The van der Waals surface area contributed by atoms with Crippen molar-refractivity contribution in [1.82, 2.24) is 5.32 Å². The number of aliphatic hydroxyl groups is 1. The van der Waals surface area contributed by atoms with Crippen LogP contribution in [0.4, 0.5) is 0 Å². The highest BCUT2D eigenvalue weighted by molar-refractivity contribution is 9.10. The lowest BCUT2D eigenvalue weighted by atomic mass is 10.2. The Kier molecular flexibility index (Phi) is 4.42.